The highest BCUT2D eigenvalue weighted by Crippen LogP contribution is 2.30. The smallest absolute Gasteiger partial charge is 0.318 e. The SMILES string of the molecule is CCNc1nc(C)c([N+](=O)[O-])c(-c2ccnn2CC)n1. The molecule has 0 aromatic carbocycles. The summed E-state index contributed by atoms with van der Waals surface area (Å²) in [5, 5.41) is 18.4. The van der Waals surface area contributed by atoms with Crippen LogP contribution in [0.1, 0.15) is 19.5 Å². The summed E-state index contributed by atoms with van der Waals surface area (Å²) in [7, 11) is 0. The third kappa shape index (κ3) is 2.44. The number of nitro groups is 1. The van der Waals surface area contributed by atoms with E-state index in [2.05, 4.69) is 20.4 Å². The summed E-state index contributed by atoms with van der Waals surface area (Å²) in [6.07, 6.45) is 1.60. The number of hydrogen-bond donors (Lipinski definition) is 1. The summed E-state index contributed by atoms with van der Waals surface area (Å²) in [5.41, 5.74) is 1.16. The lowest BCUT2D eigenvalue weighted by Crippen LogP contribution is -2.09. The largest absolute Gasteiger partial charge is 0.354 e. The number of aromatic nitrogens is 4. The lowest BCUT2D eigenvalue weighted by molar-refractivity contribution is -0.385. The average molecular weight is 276 g/mol. The van der Waals surface area contributed by atoms with Gasteiger partial charge in [0.05, 0.1) is 10.6 Å². The molecule has 0 unspecified atom stereocenters. The molecule has 0 aliphatic carbocycles. The van der Waals surface area contributed by atoms with Crippen LogP contribution < -0.4 is 5.32 Å². The summed E-state index contributed by atoms with van der Waals surface area (Å²) >= 11 is 0. The molecule has 106 valence electrons. The first-order valence-corrected chi connectivity index (χ1v) is 6.37. The minimum absolute atomic E-state index is 0.0816. The zero-order valence-electron chi connectivity index (χ0n) is 11.6. The van der Waals surface area contributed by atoms with Gasteiger partial charge < -0.3 is 5.32 Å². The molecule has 0 bridgehead atoms. The highest BCUT2D eigenvalue weighted by Gasteiger charge is 2.25. The van der Waals surface area contributed by atoms with Gasteiger partial charge in [-0.05, 0) is 26.8 Å². The van der Waals surface area contributed by atoms with Crippen LogP contribution in [0.5, 0.6) is 0 Å². The van der Waals surface area contributed by atoms with Gasteiger partial charge in [0.1, 0.15) is 5.69 Å². The molecule has 0 atom stereocenters. The van der Waals surface area contributed by atoms with Crippen LogP contribution in [0.2, 0.25) is 0 Å². The Kier molecular flexibility index (Phi) is 3.92. The predicted molar refractivity (Wildman–Crippen MR) is 74.5 cm³/mol. The molecule has 20 heavy (non-hydrogen) atoms. The molecular formula is C12H16N6O2. The van der Waals surface area contributed by atoms with E-state index in [-0.39, 0.29) is 11.4 Å². The topological polar surface area (TPSA) is 98.8 Å². The molecular weight excluding hydrogens is 260 g/mol. The van der Waals surface area contributed by atoms with Gasteiger partial charge in [-0.1, -0.05) is 0 Å². The molecule has 0 aliphatic heterocycles. The van der Waals surface area contributed by atoms with Gasteiger partial charge in [-0.25, -0.2) is 9.97 Å². The quantitative estimate of drug-likeness (QED) is 0.662. The summed E-state index contributed by atoms with van der Waals surface area (Å²) in [5.74, 6) is 0.384. The van der Waals surface area contributed by atoms with Crippen molar-refractivity contribution in [3.8, 4) is 11.4 Å². The average Bonchev–Trinajstić information content (AvgIpc) is 2.85. The molecule has 1 N–H and O–H groups in total. The lowest BCUT2D eigenvalue weighted by Gasteiger charge is -2.09. The summed E-state index contributed by atoms with van der Waals surface area (Å²) in [4.78, 5) is 19.2. The van der Waals surface area contributed by atoms with Crippen molar-refractivity contribution in [3.05, 3.63) is 28.1 Å². The number of nitrogens with zero attached hydrogens (tertiary/aromatic N) is 5. The van der Waals surface area contributed by atoms with E-state index < -0.39 is 4.92 Å². The highest BCUT2D eigenvalue weighted by atomic mass is 16.6. The van der Waals surface area contributed by atoms with Crippen LogP contribution in [-0.4, -0.2) is 31.2 Å². The number of nitrogens with one attached hydrogen (secondary N) is 1. The summed E-state index contributed by atoms with van der Waals surface area (Å²) < 4.78 is 1.67. The monoisotopic (exact) mass is 276 g/mol. The van der Waals surface area contributed by atoms with E-state index in [1.807, 2.05) is 13.8 Å². The van der Waals surface area contributed by atoms with Crippen LogP contribution in [-0.2, 0) is 6.54 Å². The van der Waals surface area contributed by atoms with Crippen molar-refractivity contribution in [1.82, 2.24) is 19.7 Å². The molecule has 0 amide bonds. The molecule has 8 heteroatoms. The van der Waals surface area contributed by atoms with E-state index in [0.29, 0.717) is 30.4 Å². The number of anilines is 1. The van der Waals surface area contributed by atoms with Gasteiger partial charge >= 0.3 is 5.69 Å². The number of aryl methyl sites for hydroxylation is 2. The lowest BCUT2D eigenvalue weighted by atomic mass is 10.2. The van der Waals surface area contributed by atoms with Crippen LogP contribution in [0.15, 0.2) is 12.3 Å². The maximum Gasteiger partial charge on any atom is 0.318 e. The second kappa shape index (κ2) is 5.64. The van der Waals surface area contributed by atoms with E-state index in [1.165, 1.54) is 0 Å². The maximum absolute atomic E-state index is 11.3. The van der Waals surface area contributed by atoms with Crippen molar-refractivity contribution in [2.75, 3.05) is 11.9 Å². The van der Waals surface area contributed by atoms with Gasteiger partial charge in [-0.15, -0.1) is 0 Å². The van der Waals surface area contributed by atoms with Crippen molar-refractivity contribution in [2.45, 2.75) is 27.3 Å². The number of rotatable bonds is 5. The molecule has 0 saturated carbocycles. The molecule has 8 nitrogen and oxygen atoms in total. The van der Waals surface area contributed by atoms with Crippen LogP contribution >= 0.6 is 0 Å². The Labute approximate surface area is 116 Å². The highest BCUT2D eigenvalue weighted by molar-refractivity contribution is 5.69. The first-order valence-electron chi connectivity index (χ1n) is 6.37. The third-order valence-corrected chi connectivity index (χ3v) is 2.83. The van der Waals surface area contributed by atoms with Crippen molar-refractivity contribution in [1.29, 1.82) is 0 Å². The first kappa shape index (κ1) is 13.9. The Morgan fingerprint density at radius 3 is 2.75 bits per heavy atom. The summed E-state index contributed by atoms with van der Waals surface area (Å²) in [6, 6.07) is 1.72. The molecule has 2 aromatic rings. The fraction of sp³-hybridized carbons (Fsp3) is 0.417. The maximum atomic E-state index is 11.3. The van der Waals surface area contributed by atoms with Crippen molar-refractivity contribution in [3.63, 3.8) is 0 Å². The fourth-order valence-corrected chi connectivity index (χ4v) is 1.99. The third-order valence-electron chi connectivity index (χ3n) is 2.83. The minimum Gasteiger partial charge on any atom is -0.354 e. The van der Waals surface area contributed by atoms with E-state index in [4.69, 9.17) is 0 Å². The van der Waals surface area contributed by atoms with Crippen molar-refractivity contribution in [2.24, 2.45) is 0 Å². The minimum atomic E-state index is -0.451. The Morgan fingerprint density at radius 1 is 1.40 bits per heavy atom. The van der Waals surface area contributed by atoms with Gasteiger partial charge in [0.2, 0.25) is 5.95 Å². The molecule has 0 fully saturated rings. The van der Waals surface area contributed by atoms with E-state index in [9.17, 15) is 10.1 Å². The molecule has 2 aromatic heterocycles. The van der Waals surface area contributed by atoms with E-state index in [0.717, 1.165) is 0 Å². The standard InChI is InChI=1S/C12H16N6O2/c1-4-13-12-15-8(3)11(18(19)20)10(16-12)9-6-7-14-17(9)5-2/h6-7H,4-5H2,1-3H3,(H,13,15,16). The van der Waals surface area contributed by atoms with E-state index >= 15 is 0 Å². The summed E-state index contributed by atoms with van der Waals surface area (Å²) in [6.45, 7) is 6.69. The second-order valence-corrected chi connectivity index (χ2v) is 4.15. The van der Waals surface area contributed by atoms with Crippen molar-refractivity contribution < 1.29 is 4.92 Å². The fourth-order valence-electron chi connectivity index (χ4n) is 1.99. The molecule has 2 heterocycles. The molecule has 0 aliphatic rings. The van der Waals surface area contributed by atoms with Gasteiger partial charge in [0, 0.05) is 19.3 Å². The van der Waals surface area contributed by atoms with Gasteiger partial charge in [0.15, 0.2) is 5.69 Å². The van der Waals surface area contributed by atoms with Crippen molar-refractivity contribution >= 4 is 11.6 Å². The Hall–Kier alpha value is -2.51. The Bertz CT molecular complexity index is 637. The second-order valence-electron chi connectivity index (χ2n) is 4.15. The van der Waals surface area contributed by atoms with E-state index in [1.54, 1.807) is 23.9 Å². The van der Waals surface area contributed by atoms with Gasteiger partial charge in [-0.3, -0.25) is 14.8 Å². The zero-order valence-corrected chi connectivity index (χ0v) is 11.6. The zero-order chi connectivity index (χ0) is 14.7. The molecule has 0 radical (unpaired) electrons. The van der Waals surface area contributed by atoms with Crippen LogP contribution in [0.4, 0.5) is 11.6 Å². The van der Waals surface area contributed by atoms with Crippen LogP contribution in [0, 0.1) is 17.0 Å². The molecule has 0 spiro atoms. The normalized spacial score (nSPS) is 10.6. The van der Waals surface area contributed by atoms with Gasteiger partial charge in [0.25, 0.3) is 0 Å². The first-order chi connectivity index (χ1) is 9.58. The molecule has 0 saturated heterocycles. The van der Waals surface area contributed by atoms with Crippen LogP contribution in [0.3, 0.4) is 0 Å². The molecule has 2 rings (SSSR count). The van der Waals surface area contributed by atoms with Crippen LogP contribution in [0.25, 0.3) is 11.4 Å². The Morgan fingerprint density at radius 2 is 2.15 bits per heavy atom. The van der Waals surface area contributed by atoms with Gasteiger partial charge in [-0.2, -0.15) is 5.10 Å². The predicted octanol–water partition coefficient (Wildman–Crippen LogP) is 2.01. The number of hydrogen-bond acceptors (Lipinski definition) is 6. The Balaban J connectivity index is 2.68.